The number of aromatic nitrogens is 3. The molecule has 2 heterocycles. The first kappa shape index (κ1) is 8.01. The molecule has 0 amide bonds. The Morgan fingerprint density at radius 2 is 2.33 bits per heavy atom. The molecule has 0 saturated carbocycles. The van der Waals surface area contributed by atoms with Gasteiger partial charge in [0.2, 0.25) is 5.78 Å². The lowest BCUT2D eigenvalue weighted by Gasteiger charge is -1.98. The molecule has 0 bridgehead atoms. The maximum Gasteiger partial charge on any atom is 0.236 e. The van der Waals surface area contributed by atoms with E-state index in [-0.39, 0.29) is 0 Å². The molecule has 3 nitrogen and oxygen atoms in total. The van der Waals surface area contributed by atoms with E-state index in [1.807, 2.05) is 6.92 Å². The fraction of sp³-hybridized carbons (Fsp3) is 0.143. The summed E-state index contributed by atoms with van der Waals surface area (Å²) in [6.45, 7) is 1.88. The molecule has 2 aromatic rings. The van der Waals surface area contributed by atoms with Crippen LogP contribution in [0.1, 0.15) is 5.69 Å². The molecule has 0 N–H and O–H groups in total. The molecule has 2 rings (SSSR count). The third-order valence-electron chi connectivity index (χ3n) is 1.52. The van der Waals surface area contributed by atoms with Crippen LogP contribution >= 0.6 is 27.5 Å². The summed E-state index contributed by atoms with van der Waals surface area (Å²) in [5.74, 6) is 0.617. The van der Waals surface area contributed by atoms with Crippen molar-refractivity contribution < 1.29 is 0 Å². The molecule has 62 valence electrons. The Balaban J connectivity index is 2.93. The van der Waals surface area contributed by atoms with Gasteiger partial charge in [-0.3, -0.25) is 4.40 Å². The van der Waals surface area contributed by atoms with Crippen molar-refractivity contribution in [1.82, 2.24) is 14.4 Å². The zero-order chi connectivity index (χ0) is 8.72. The van der Waals surface area contributed by atoms with Crippen molar-refractivity contribution in [2.75, 3.05) is 0 Å². The smallest absolute Gasteiger partial charge is 0.236 e. The monoisotopic (exact) mass is 245 g/mol. The van der Waals surface area contributed by atoms with Crippen LogP contribution in [0.3, 0.4) is 0 Å². The van der Waals surface area contributed by atoms with Gasteiger partial charge in [-0.05, 0) is 28.9 Å². The van der Waals surface area contributed by atoms with E-state index in [2.05, 4.69) is 25.9 Å². The lowest BCUT2D eigenvalue weighted by Crippen LogP contribution is -1.92. The Morgan fingerprint density at radius 3 is 3.08 bits per heavy atom. The fourth-order valence-corrected chi connectivity index (χ4v) is 1.90. The summed E-state index contributed by atoms with van der Waals surface area (Å²) in [5, 5.41) is 0.613. The summed E-state index contributed by atoms with van der Waals surface area (Å²) in [6.07, 6.45) is 1.67. The molecule has 2 aromatic heterocycles. The van der Waals surface area contributed by atoms with Crippen molar-refractivity contribution >= 4 is 33.3 Å². The number of nitrogens with zero attached hydrogens (tertiary/aromatic N) is 3. The molecule has 12 heavy (non-hydrogen) atoms. The van der Waals surface area contributed by atoms with Gasteiger partial charge in [0, 0.05) is 5.69 Å². The first-order valence-corrected chi connectivity index (χ1v) is 4.51. The summed E-state index contributed by atoms with van der Waals surface area (Å²) in [7, 11) is 0. The predicted molar refractivity (Wildman–Crippen MR) is 50.4 cm³/mol. The number of fused-ring (bicyclic) bond motifs is 1. The van der Waals surface area contributed by atoms with Crippen LogP contribution < -0.4 is 0 Å². The second-order valence-corrected chi connectivity index (χ2v) is 3.64. The highest BCUT2D eigenvalue weighted by atomic mass is 79.9. The van der Waals surface area contributed by atoms with Crippen LogP contribution in [-0.2, 0) is 0 Å². The van der Waals surface area contributed by atoms with Gasteiger partial charge in [-0.2, -0.15) is 0 Å². The summed E-state index contributed by atoms with van der Waals surface area (Å²) < 4.78 is 2.55. The molecule has 0 saturated heterocycles. The van der Waals surface area contributed by atoms with Crippen LogP contribution in [-0.4, -0.2) is 14.4 Å². The normalized spacial score (nSPS) is 10.9. The molecular weight excluding hydrogens is 241 g/mol. The van der Waals surface area contributed by atoms with E-state index in [0.29, 0.717) is 10.9 Å². The second-order valence-electron chi connectivity index (χ2n) is 2.44. The number of imidazole rings is 1. The molecule has 0 spiro atoms. The Morgan fingerprint density at radius 1 is 1.58 bits per heavy atom. The first-order chi connectivity index (χ1) is 5.68. The molecular formula is C7H5BrClN3. The average molecular weight is 246 g/mol. The Kier molecular flexibility index (Phi) is 1.81. The van der Waals surface area contributed by atoms with Crippen LogP contribution in [0.2, 0.25) is 5.15 Å². The van der Waals surface area contributed by atoms with E-state index in [4.69, 9.17) is 11.6 Å². The van der Waals surface area contributed by atoms with Gasteiger partial charge in [-0.25, -0.2) is 9.97 Å². The van der Waals surface area contributed by atoms with Gasteiger partial charge in [0.1, 0.15) is 9.76 Å². The van der Waals surface area contributed by atoms with Crippen LogP contribution in [0, 0.1) is 6.92 Å². The quantitative estimate of drug-likeness (QED) is 0.669. The molecule has 0 aliphatic rings. The van der Waals surface area contributed by atoms with Crippen LogP contribution in [0.25, 0.3) is 5.78 Å². The summed E-state index contributed by atoms with van der Waals surface area (Å²) in [4.78, 5) is 8.26. The van der Waals surface area contributed by atoms with Crippen molar-refractivity contribution in [3.8, 4) is 0 Å². The molecule has 0 aromatic carbocycles. The van der Waals surface area contributed by atoms with Gasteiger partial charge in [0.05, 0.1) is 6.20 Å². The number of halogens is 2. The Hall–Kier alpha value is -0.610. The maximum absolute atomic E-state index is 5.96. The zero-order valence-corrected chi connectivity index (χ0v) is 8.59. The Bertz CT molecular complexity index is 437. The predicted octanol–water partition coefficient (Wildman–Crippen LogP) is 2.45. The van der Waals surface area contributed by atoms with E-state index in [0.717, 1.165) is 10.3 Å². The average Bonchev–Trinajstić information content (AvgIpc) is 2.31. The lowest BCUT2D eigenvalue weighted by molar-refractivity contribution is 1.05. The van der Waals surface area contributed by atoms with Gasteiger partial charge < -0.3 is 0 Å². The molecule has 0 atom stereocenters. The van der Waals surface area contributed by atoms with Crippen LogP contribution in [0.15, 0.2) is 16.9 Å². The van der Waals surface area contributed by atoms with Crippen molar-refractivity contribution in [2.24, 2.45) is 0 Å². The maximum atomic E-state index is 5.96. The summed E-state index contributed by atoms with van der Waals surface area (Å²) in [6, 6.07) is 1.79. The van der Waals surface area contributed by atoms with E-state index in [9.17, 15) is 0 Å². The van der Waals surface area contributed by atoms with Gasteiger partial charge in [0.25, 0.3) is 0 Å². The largest absolute Gasteiger partial charge is 0.261 e. The minimum Gasteiger partial charge on any atom is -0.261 e. The van der Waals surface area contributed by atoms with Crippen molar-refractivity contribution in [1.29, 1.82) is 0 Å². The number of hydrogen-bond acceptors (Lipinski definition) is 2. The molecule has 0 radical (unpaired) electrons. The molecule has 0 aliphatic heterocycles. The highest BCUT2D eigenvalue weighted by molar-refractivity contribution is 9.10. The topological polar surface area (TPSA) is 30.2 Å². The summed E-state index contributed by atoms with van der Waals surface area (Å²) in [5.41, 5.74) is 0.866. The highest BCUT2D eigenvalue weighted by Gasteiger charge is 2.05. The molecule has 0 unspecified atom stereocenters. The van der Waals surface area contributed by atoms with E-state index < -0.39 is 0 Å². The van der Waals surface area contributed by atoms with E-state index >= 15 is 0 Å². The third-order valence-corrected chi connectivity index (χ3v) is 2.36. The summed E-state index contributed by atoms with van der Waals surface area (Å²) >= 11 is 9.28. The van der Waals surface area contributed by atoms with Crippen molar-refractivity contribution in [3.63, 3.8) is 0 Å². The molecule has 5 heteroatoms. The minimum atomic E-state index is 0.613. The fourth-order valence-electron chi connectivity index (χ4n) is 1.03. The standard InChI is InChI=1S/C7H5BrClN3/c1-4-2-6(9)12-5(8)3-10-7(12)11-4/h2-3H,1H3. The Labute approximate surface area is 82.5 Å². The lowest BCUT2D eigenvalue weighted by atomic mass is 10.5. The van der Waals surface area contributed by atoms with Gasteiger partial charge in [0.15, 0.2) is 0 Å². The van der Waals surface area contributed by atoms with Crippen LogP contribution in [0.4, 0.5) is 0 Å². The minimum absolute atomic E-state index is 0.613. The zero-order valence-electron chi connectivity index (χ0n) is 6.25. The third kappa shape index (κ3) is 1.11. The molecule has 0 fully saturated rings. The van der Waals surface area contributed by atoms with Crippen LogP contribution in [0.5, 0.6) is 0 Å². The number of aryl methyl sites for hydroxylation is 1. The van der Waals surface area contributed by atoms with Crippen molar-refractivity contribution in [3.05, 3.63) is 27.7 Å². The number of rotatable bonds is 0. The van der Waals surface area contributed by atoms with E-state index in [1.54, 1.807) is 16.7 Å². The van der Waals surface area contributed by atoms with Gasteiger partial charge >= 0.3 is 0 Å². The van der Waals surface area contributed by atoms with E-state index in [1.165, 1.54) is 0 Å². The van der Waals surface area contributed by atoms with Gasteiger partial charge in [-0.1, -0.05) is 11.6 Å². The van der Waals surface area contributed by atoms with Gasteiger partial charge in [-0.15, -0.1) is 0 Å². The highest BCUT2D eigenvalue weighted by Crippen LogP contribution is 2.18. The second kappa shape index (κ2) is 2.71. The van der Waals surface area contributed by atoms with Crippen molar-refractivity contribution in [2.45, 2.75) is 6.92 Å². The molecule has 0 aliphatic carbocycles. The first-order valence-electron chi connectivity index (χ1n) is 3.34. The number of hydrogen-bond donors (Lipinski definition) is 0. The SMILES string of the molecule is Cc1cc(Cl)n2c(Br)cnc2n1.